The molecule has 1 saturated heterocycles. The largest absolute Gasteiger partial charge is 0.496 e. The number of ether oxygens (including phenoxy) is 1. The Morgan fingerprint density at radius 3 is 2.81 bits per heavy atom. The molecule has 1 fully saturated rings. The van der Waals surface area contributed by atoms with Crippen molar-refractivity contribution >= 4 is 17.7 Å². The van der Waals surface area contributed by atoms with Crippen LogP contribution in [-0.2, 0) is 20.8 Å². The van der Waals surface area contributed by atoms with Gasteiger partial charge in [0.15, 0.2) is 0 Å². The van der Waals surface area contributed by atoms with Gasteiger partial charge in [-0.25, -0.2) is 0 Å². The van der Waals surface area contributed by atoms with Crippen molar-refractivity contribution in [3.8, 4) is 5.75 Å². The van der Waals surface area contributed by atoms with Crippen LogP contribution in [0.4, 0.5) is 0 Å². The fraction of sp³-hybridized carbons (Fsp3) is 0.400. The van der Waals surface area contributed by atoms with Crippen LogP contribution < -0.4 is 10.1 Å². The Kier molecular flexibility index (Phi) is 4.26. The molecule has 21 heavy (non-hydrogen) atoms. The second kappa shape index (κ2) is 5.95. The third-order valence-electron chi connectivity index (χ3n) is 3.52. The second-order valence-electron chi connectivity index (χ2n) is 5.10. The number of nitrogens with zero attached hydrogens (tertiary/aromatic N) is 1. The molecule has 1 unspecified atom stereocenters. The summed E-state index contributed by atoms with van der Waals surface area (Å²) >= 11 is 0. The fourth-order valence-corrected chi connectivity index (χ4v) is 2.33. The number of hydrogen-bond acceptors (Lipinski definition) is 4. The van der Waals surface area contributed by atoms with E-state index in [2.05, 4.69) is 5.32 Å². The van der Waals surface area contributed by atoms with Crippen molar-refractivity contribution in [3.63, 3.8) is 0 Å². The predicted molar refractivity (Wildman–Crippen MR) is 75.8 cm³/mol. The minimum absolute atomic E-state index is 0.0930. The highest BCUT2D eigenvalue weighted by Crippen LogP contribution is 2.21. The van der Waals surface area contributed by atoms with E-state index in [4.69, 9.17) is 4.74 Å². The van der Waals surface area contributed by atoms with Gasteiger partial charge < -0.3 is 9.64 Å². The number of rotatable bonds is 3. The zero-order chi connectivity index (χ0) is 15.6. The van der Waals surface area contributed by atoms with E-state index in [1.54, 1.807) is 20.1 Å². The highest BCUT2D eigenvalue weighted by molar-refractivity contribution is 6.04. The van der Waals surface area contributed by atoms with Crippen molar-refractivity contribution in [2.24, 2.45) is 0 Å². The topological polar surface area (TPSA) is 75.7 Å². The zero-order valence-corrected chi connectivity index (χ0v) is 12.3. The van der Waals surface area contributed by atoms with Crippen LogP contribution in [0, 0.1) is 6.92 Å². The lowest BCUT2D eigenvalue weighted by Crippen LogP contribution is -2.58. The van der Waals surface area contributed by atoms with Crippen LogP contribution >= 0.6 is 0 Å². The molecular weight excluding hydrogens is 272 g/mol. The van der Waals surface area contributed by atoms with Gasteiger partial charge in [0.1, 0.15) is 18.3 Å². The quantitative estimate of drug-likeness (QED) is 0.819. The van der Waals surface area contributed by atoms with Gasteiger partial charge in [-0.15, -0.1) is 0 Å². The first-order valence-electron chi connectivity index (χ1n) is 6.69. The molecule has 0 radical (unpaired) electrons. The minimum Gasteiger partial charge on any atom is -0.496 e. The van der Waals surface area contributed by atoms with Crippen LogP contribution in [0.25, 0.3) is 0 Å². The number of aryl methyl sites for hydroxylation is 1. The molecule has 1 atom stereocenters. The van der Waals surface area contributed by atoms with Gasteiger partial charge in [0, 0.05) is 5.56 Å². The number of methoxy groups -OCH3 is 1. The van der Waals surface area contributed by atoms with E-state index in [9.17, 15) is 14.4 Å². The fourth-order valence-electron chi connectivity index (χ4n) is 2.33. The molecule has 1 aliphatic rings. The zero-order valence-electron chi connectivity index (χ0n) is 12.3. The molecule has 1 heterocycles. The number of carbonyl (C=O) groups is 3. The maximum absolute atomic E-state index is 12.4. The molecular formula is C15H18N2O4. The highest BCUT2D eigenvalue weighted by atomic mass is 16.5. The number of carbonyl (C=O) groups excluding carboxylic acids is 3. The monoisotopic (exact) mass is 290 g/mol. The molecule has 0 aliphatic carbocycles. The second-order valence-corrected chi connectivity index (χ2v) is 5.10. The van der Waals surface area contributed by atoms with Crippen LogP contribution in [0.3, 0.4) is 0 Å². The van der Waals surface area contributed by atoms with Gasteiger partial charge in [-0.05, 0) is 19.9 Å². The van der Waals surface area contributed by atoms with Crippen molar-refractivity contribution in [2.45, 2.75) is 26.3 Å². The summed E-state index contributed by atoms with van der Waals surface area (Å²) in [6, 6.07) is 4.92. The summed E-state index contributed by atoms with van der Waals surface area (Å²) in [5, 5.41) is 2.21. The van der Waals surface area contributed by atoms with Crippen LogP contribution in [-0.4, -0.2) is 42.3 Å². The smallest absolute Gasteiger partial charge is 0.249 e. The van der Waals surface area contributed by atoms with E-state index >= 15 is 0 Å². The summed E-state index contributed by atoms with van der Waals surface area (Å²) in [5.74, 6) is -0.553. The van der Waals surface area contributed by atoms with Crippen LogP contribution in [0.15, 0.2) is 18.2 Å². The maximum atomic E-state index is 12.4. The van der Waals surface area contributed by atoms with Crippen LogP contribution in [0.1, 0.15) is 18.1 Å². The Morgan fingerprint density at radius 2 is 2.14 bits per heavy atom. The first kappa shape index (κ1) is 15.0. The van der Waals surface area contributed by atoms with E-state index in [0.717, 1.165) is 11.1 Å². The summed E-state index contributed by atoms with van der Waals surface area (Å²) in [6.45, 7) is 3.43. The number of piperazine rings is 1. The van der Waals surface area contributed by atoms with Gasteiger partial charge in [0.05, 0.1) is 13.5 Å². The molecule has 0 aromatic heterocycles. The van der Waals surface area contributed by atoms with E-state index in [-0.39, 0.29) is 18.9 Å². The van der Waals surface area contributed by atoms with Crippen molar-refractivity contribution in [1.29, 1.82) is 0 Å². The lowest BCUT2D eigenvalue weighted by atomic mass is 10.1. The number of benzene rings is 1. The van der Waals surface area contributed by atoms with E-state index in [1.165, 1.54) is 4.90 Å². The lowest BCUT2D eigenvalue weighted by molar-refractivity contribution is -0.149. The van der Waals surface area contributed by atoms with Crippen LogP contribution in [0.5, 0.6) is 5.75 Å². The van der Waals surface area contributed by atoms with E-state index < -0.39 is 17.9 Å². The molecule has 1 aliphatic heterocycles. The molecule has 0 saturated carbocycles. The van der Waals surface area contributed by atoms with E-state index in [1.807, 2.05) is 19.1 Å². The van der Waals surface area contributed by atoms with Gasteiger partial charge in [0.25, 0.3) is 0 Å². The number of amides is 3. The van der Waals surface area contributed by atoms with Crippen molar-refractivity contribution in [1.82, 2.24) is 10.2 Å². The Hall–Kier alpha value is -2.37. The average Bonchev–Trinajstić information content (AvgIpc) is 2.43. The number of hydrogen-bond donors (Lipinski definition) is 1. The molecule has 1 aromatic carbocycles. The Balaban J connectivity index is 2.19. The molecule has 2 rings (SSSR count). The normalized spacial score (nSPS) is 18.4. The Labute approximate surface area is 123 Å². The van der Waals surface area contributed by atoms with Crippen LogP contribution in [0.2, 0.25) is 0 Å². The molecule has 3 amide bonds. The summed E-state index contributed by atoms with van der Waals surface area (Å²) < 4.78 is 5.24. The van der Waals surface area contributed by atoms with Gasteiger partial charge in [-0.3, -0.25) is 19.7 Å². The van der Waals surface area contributed by atoms with Crippen molar-refractivity contribution in [2.75, 3.05) is 13.7 Å². The van der Waals surface area contributed by atoms with Gasteiger partial charge in [-0.2, -0.15) is 0 Å². The standard InChI is InChI=1S/C15H18N2O4/c1-9-4-5-12(21-3)11(6-9)7-14(19)17-8-13(18)16-15(20)10(17)2/h4-6,10H,7-8H2,1-3H3,(H,16,18,20). The highest BCUT2D eigenvalue weighted by Gasteiger charge is 2.33. The number of imide groups is 1. The summed E-state index contributed by atoms with van der Waals surface area (Å²) in [5.41, 5.74) is 1.76. The first-order chi connectivity index (χ1) is 9.92. The molecule has 6 heteroatoms. The lowest BCUT2D eigenvalue weighted by Gasteiger charge is -2.31. The molecule has 112 valence electrons. The molecule has 0 spiro atoms. The van der Waals surface area contributed by atoms with E-state index in [0.29, 0.717) is 5.75 Å². The summed E-state index contributed by atoms with van der Waals surface area (Å²) in [6.07, 6.45) is 0.0930. The van der Waals surface area contributed by atoms with Gasteiger partial charge >= 0.3 is 0 Å². The van der Waals surface area contributed by atoms with Gasteiger partial charge in [-0.1, -0.05) is 17.7 Å². The molecule has 0 bridgehead atoms. The first-order valence-corrected chi connectivity index (χ1v) is 6.69. The Morgan fingerprint density at radius 1 is 1.43 bits per heavy atom. The van der Waals surface area contributed by atoms with Crippen molar-refractivity contribution < 1.29 is 19.1 Å². The SMILES string of the molecule is COc1ccc(C)cc1CC(=O)N1CC(=O)NC(=O)C1C. The number of nitrogens with one attached hydrogen (secondary N) is 1. The molecule has 6 nitrogen and oxygen atoms in total. The Bertz CT molecular complexity index is 597. The summed E-state index contributed by atoms with van der Waals surface area (Å²) in [7, 11) is 1.54. The minimum atomic E-state index is -0.647. The molecule has 1 aromatic rings. The maximum Gasteiger partial charge on any atom is 0.249 e. The third kappa shape index (κ3) is 3.21. The predicted octanol–water partition coefficient (Wildman–Crippen LogP) is 0.420. The van der Waals surface area contributed by atoms with Crippen molar-refractivity contribution in [3.05, 3.63) is 29.3 Å². The average molecular weight is 290 g/mol. The summed E-state index contributed by atoms with van der Waals surface area (Å²) in [4.78, 5) is 36.7. The third-order valence-corrected chi connectivity index (χ3v) is 3.52. The van der Waals surface area contributed by atoms with Gasteiger partial charge in [0.2, 0.25) is 17.7 Å². The molecule has 1 N–H and O–H groups in total.